The van der Waals surface area contributed by atoms with Gasteiger partial charge in [-0.25, -0.2) is 0 Å². The molecular formula is C9H14N2. The van der Waals surface area contributed by atoms with Gasteiger partial charge in [0.1, 0.15) is 0 Å². The van der Waals surface area contributed by atoms with Gasteiger partial charge in [0.15, 0.2) is 0 Å². The third kappa shape index (κ3) is 2.94. The second kappa shape index (κ2) is 4.61. The Morgan fingerprint density at radius 3 is 2.18 bits per heavy atom. The van der Waals surface area contributed by atoms with Gasteiger partial charge in [-0.2, -0.15) is 0 Å². The van der Waals surface area contributed by atoms with Crippen molar-refractivity contribution < 1.29 is 0 Å². The van der Waals surface area contributed by atoms with Crippen LogP contribution in [0.4, 0.5) is 0 Å². The van der Waals surface area contributed by atoms with Crippen molar-refractivity contribution in [2.24, 2.45) is 9.98 Å². The molecule has 0 bridgehead atoms. The molecule has 0 radical (unpaired) electrons. The predicted molar refractivity (Wildman–Crippen MR) is 51.5 cm³/mol. The Morgan fingerprint density at radius 1 is 1.36 bits per heavy atom. The van der Waals surface area contributed by atoms with Gasteiger partial charge in [0, 0.05) is 13.2 Å². The van der Waals surface area contributed by atoms with E-state index in [2.05, 4.69) is 23.1 Å². The number of nitrogens with zero attached hydrogens (tertiary/aromatic N) is 2. The molecule has 2 nitrogen and oxygen atoms in total. The van der Waals surface area contributed by atoms with E-state index in [9.17, 15) is 0 Å². The normalized spacial score (nSPS) is 13.0. The maximum atomic E-state index is 4.04. The average Bonchev–Trinajstić information content (AvgIpc) is 1.88. The third-order valence-electron chi connectivity index (χ3n) is 1.26. The van der Waals surface area contributed by atoms with Crippen LogP contribution in [0.2, 0.25) is 0 Å². The Labute approximate surface area is 68.1 Å². The second-order valence-corrected chi connectivity index (χ2v) is 2.25. The van der Waals surface area contributed by atoms with Crippen molar-refractivity contribution in [3.05, 3.63) is 24.9 Å². The van der Waals surface area contributed by atoms with Gasteiger partial charge in [0.2, 0.25) is 0 Å². The molecular weight excluding hydrogens is 136 g/mol. The summed E-state index contributed by atoms with van der Waals surface area (Å²) in [6, 6.07) is 0. The van der Waals surface area contributed by atoms with Crippen LogP contribution in [0.3, 0.4) is 0 Å². The molecule has 0 aliphatic heterocycles. The van der Waals surface area contributed by atoms with Crippen LogP contribution in [-0.2, 0) is 0 Å². The van der Waals surface area contributed by atoms with Crippen LogP contribution >= 0.6 is 0 Å². The molecule has 0 aromatic carbocycles. The highest BCUT2D eigenvalue weighted by Gasteiger charge is 2.01. The van der Waals surface area contributed by atoms with E-state index in [1.54, 1.807) is 7.05 Å². The number of hydrogen-bond donors (Lipinski definition) is 0. The molecule has 0 spiro atoms. The highest BCUT2D eigenvalue weighted by Crippen LogP contribution is 1.96. The smallest absolute Gasteiger partial charge is 0.0805 e. The summed E-state index contributed by atoms with van der Waals surface area (Å²) in [5.74, 6) is 0. The van der Waals surface area contributed by atoms with E-state index in [1.807, 2.05) is 13.8 Å². The van der Waals surface area contributed by atoms with Crippen molar-refractivity contribution in [3.8, 4) is 0 Å². The lowest BCUT2D eigenvalue weighted by Gasteiger charge is -2.01. The first-order valence-corrected chi connectivity index (χ1v) is 3.41. The third-order valence-corrected chi connectivity index (χ3v) is 1.26. The minimum absolute atomic E-state index is 0.852. The van der Waals surface area contributed by atoms with Crippen molar-refractivity contribution in [2.75, 3.05) is 7.05 Å². The maximum Gasteiger partial charge on any atom is 0.0805 e. The molecule has 0 atom stereocenters. The summed E-state index contributed by atoms with van der Waals surface area (Å²) in [7, 11) is 1.73. The van der Waals surface area contributed by atoms with Gasteiger partial charge in [-0.15, -0.1) is 0 Å². The van der Waals surface area contributed by atoms with Crippen molar-refractivity contribution in [2.45, 2.75) is 13.8 Å². The summed E-state index contributed by atoms with van der Waals surface area (Å²) >= 11 is 0. The Kier molecular flexibility index (Phi) is 4.11. The van der Waals surface area contributed by atoms with Crippen LogP contribution < -0.4 is 0 Å². The van der Waals surface area contributed by atoms with Crippen LogP contribution in [0.5, 0.6) is 0 Å². The molecule has 0 heterocycles. The van der Waals surface area contributed by atoms with Crippen molar-refractivity contribution in [1.82, 2.24) is 0 Å². The molecule has 0 aromatic rings. The van der Waals surface area contributed by atoms with E-state index in [0.29, 0.717) is 0 Å². The van der Waals surface area contributed by atoms with E-state index in [0.717, 1.165) is 17.0 Å². The molecule has 60 valence electrons. The molecule has 0 aliphatic carbocycles. The second-order valence-electron chi connectivity index (χ2n) is 2.25. The lowest BCUT2D eigenvalue weighted by atomic mass is 10.1. The number of hydrogen-bond acceptors (Lipinski definition) is 2. The van der Waals surface area contributed by atoms with Crippen LogP contribution in [-0.4, -0.2) is 18.5 Å². The van der Waals surface area contributed by atoms with Gasteiger partial charge >= 0.3 is 0 Å². The summed E-state index contributed by atoms with van der Waals surface area (Å²) in [6.07, 6.45) is 1.50. The molecule has 11 heavy (non-hydrogen) atoms. The molecule has 0 aliphatic rings. The molecule has 0 saturated carbocycles. The number of allylic oxidation sites excluding steroid dienone is 1. The highest BCUT2D eigenvalue weighted by atomic mass is 14.8. The zero-order valence-corrected chi connectivity index (χ0v) is 7.39. The highest BCUT2D eigenvalue weighted by molar-refractivity contribution is 6.47. The Balaban J connectivity index is 4.67. The zero-order chi connectivity index (χ0) is 8.85. The van der Waals surface area contributed by atoms with Gasteiger partial charge in [-0.1, -0.05) is 13.2 Å². The van der Waals surface area contributed by atoms with Crippen molar-refractivity contribution >= 4 is 11.4 Å². The minimum Gasteiger partial charge on any atom is -0.287 e. The fraction of sp³-hybridized carbons (Fsp3) is 0.333. The predicted octanol–water partition coefficient (Wildman–Crippen LogP) is 2.24. The van der Waals surface area contributed by atoms with E-state index in [1.165, 1.54) is 6.20 Å². The molecule has 0 amide bonds. The lowest BCUT2D eigenvalue weighted by molar-refractivity contribution is 1.42. The largest absolute Gasteiger partial charge is 0.287 e. The monoisotopic (exact) mass is 150 g/mol. The summed E-state index contributed by atoms with van der Waals surface area (Å²) in [5, 5.41) is 0. The first-order valence-electron chi connectivity index (χ1n) is 3.41. The van der Waals surface area contributed by atoms with Crippen LogP contribution in [0.1, 0.15) is 13.8 Å². The molecule has 0 fully saturated rings. The summed E-state index contributed by atoms with van der Waals surface area (Å²) in [5.41, 5.74) is 2.63. The van der Waals surface area contributed by atoms with Crippen LogP contribution in [0.25, 0.3) is 0 Å². The fourth-order valence-electron chi connectivity index (χ4n) is 0.860. The average molecular weight is 150 g/mol. The topological polar surface area (TPSA) is 24.7 Å². The molecule has 0 rings (SSSR count). The quantitative estimate of drug-likeness (QED) is 0.551. The molecule has 0 unspecified atom stereocenters. The standard InChI is InChI=1S/C9H14N2/c1-6-11-8(4)9(10-5)7(2)3/h6H,1-2H2,3-5H3. The molecule has 0 aromatic heterocycles. The molecule has 0 saturated heterocycles. The summed E-state index contributed by atoms with van der Waals surface area (Å²) in [6.45, 7) is 11.1. The number of rotatable bonds is 3. The van der Waals surface area contributed by atoms with Gasteiger partial charge in [-0.05, 0) is 19.4 Å². The molecule has 0 N–H and O–H groups in total. The minimum atomic E-state index is 0.852. The van der Waals surface area contributed by atoms with Gasteiger partial charge in [0.05, 0.1) is 11.4 Å². The van der Waals surface area contributed by atoms with Crippen LogP contribution in [0, 0.1) is 0 Å². The maximum absolute atomic E-state index is 4.04. The first kappa shape index (κ1) is 9.82. The van der Waals surface area contributed by atoms with E-state index >= 15 is 0 Å². The summed E-state index contributed by atoms with van der Waals surface area (Å²) in [4.78, 5) is 8.05. The van der Waals surface area contributed by atoms with E-state index < -0.39 is 0 Å². The SMILES string of the molecule is C=CN=C(C)C(=NC)C(=C)C. The zero-order valence-electron chi connectivity index (χ0n) is 7.39. The molecule has 2 heteroatoms. The summed E-state index contributed by atoms with van der Waals surface area (Å²) < 4.78 is 0. The first-order chi connectivity index (χ1) is 5.13. The Morgan fingerprint density at radius 2 is 1.91 bits per heavy atom. The Bertz CT molecular complexity index is 222. The van der Waals surface area contributed by atoms with Gasteiger partial charge in [-0.3, -0.25) is 9.98 Å². The van der Waals surface area contributed by atoms with Crippen LogP contribution in [0.15, 0.2) is 34.9 Å². The van der Waals surface area contributed by atoms with Crippen molar-refractivity contribution in [3.63, 3.8) is 0 Å². The fourth-order valence-corrected chi connectivity index (χ4v) is 0.860. The van der Waals surface area contributed by atoms with E-state index in [4.69, 9.17) is 0 Å². The lowest BCUT2D eigenvalue weighted by Crippen LogP contribution is -2.10. The number of aliphatic imine (C=N–C) groups is 2. The van der Waals surface area contributed by atoms with Gasteiger partial charge < -0.3 is 0 Å². The van der Waals surface area contributed by atoms with Gasteiger partial charge in [0.25, 0.3) is 0 Å². The Hall–Kier alpha value is -1.18. The van der Waals surface area contributed by atoms with E-state index in [-0.39, 0.29) is 0 Å². The van der Waals surface area contributed by atoms with Crippen molar-refractivity contribution in [1.29, 1.82) is 0 Å².